The number of aryl methyl sites for hydroxylation is 1. The van der Waals surface area contributed by atoms with E-state index in [1.807, 2.05) is 0 Å². The fourth-order valence-electron chi connectivity index (χ4n) is 3.50. The molecule has 33 heavy (non-hydrogen) atoms. The fraction of sp³-hybridized carbons (Fsp3) is 0.227. The van der Waals surface area contributed by atoms with Crippen LogP contribution in [0.15, 0.2) is 42.5 Å². The van der Waals surface area contributed by atoms with Gasteiger partial charge in [-0.3, -0.25) is 14.9 Å². The number of fused-ring (bicyclic) bond motifs is 1. The summed E-state index contributed by atoms with van der Waals surface area (Å²) in [7, 11) is 1.52. The molecule has 0 saturated heterocycles. The molecule has 1 unspecified atom stereocenters. The third-order valence-electron chi connectivity index (χ3n) is 5.15. The molecular formula is C22H17F4N3O3S. The number of alkyl halides is 3. The third-order valence-corrected chi connectivity index (χ3v) is 6.19. The molecule has 0 bridgehead atoms. The maximum absolute atomic E-state index is 13.5. The standard InChI is InChI=1S/C22H17F4N3O3S/c1-32-13-5-2-11(3-6-13)19(30)29-21-28-18-14(7-9-17(18)33-21)20(31)27-12-4-8-16(23)15(10-12)22(24,25)26/h2-6,8,10,14H,7,9H2,1H3,(H,27,31)(H,28,29,30). The quantitative estimate of drug-likeness (QED) is 0.491. The maximum Gasteiger partial charge on any atom is 0.419 e. The molecule has 1 atom stereocenters. The number of hydrogen-bond acceptors (Lipinski definition) is 5. The Bertz CT molecular complexity index is 1210. The number of carbonyl (C=O) groups is 2. The normalized spacial score (nSPS) is 15.1. The number of methoxy groups -OCH3 is 1. The zero-order valence-corrected chi connectivity index (χ0v) is 17.9. The summed E-state index contributed by atoms with van der Waals surface area (Å²) in [6.07, 6.45) is -3.90. The molecule has 2 amide bonds. The number of anilines is 2. The topological polar surface area (TPSA) is 80.3 Å². The van der Waals surface area contributed by atoms with Gasteiger partial charge < -0.3 is 10.1 Å². The van der Waals surface area contributed by atoms with Crippen molar-refractivity contribution in [2.45, 2.75) is 24.9 Å². The SMILES string of the molecule is COc1ccc(C(=O)Nc2nc3c(s2)CCC3C(=O)Nc2ccc(F)c(C(F)(F)F)c2)cc1. The maximum atomic E-state index is 13.5. The summed E-state index contributed by atoms with van der Waals surface area (Å²) >= 11 is 1.24. The molecule has 172 valence electrons. The van der Waals surface area contributed by atoms with Gasteiger partial charge in [-0.25, -0.2) is 9.37 Å². The molecule has 0 spiro atoms. The van der Waals surface area contributed by atoms with Crippen molar-refractivity contribution in [2.24, 2.45) is 0 Å². The van der Waals surface area contributed by atoms with Gasteiger partial charge in [0.2, 0.25) is 5.91 Å². The average molecular weight is 479 g/mol. The minimum atomic E-state index is -4.88. The van der Waals surface area contributed by atoms with E-state index in [0.29, 0.717) is 47.1 Å². The zero-order chi connectivity index (χ0) is 23.8. The Kier molecular flexibility index (Phi) is 6.07. The predicted octanol–water partition coefficient (Wildman–Crippen LogP) is 5.23. The Morgan fingerprint density at radius 2 is 1.85 bits per heavy atom. The molecule has 0 radical (unpaired) electrons. The molecule has 4 rings (SSSR count). The second-order valence-corrected chi connectivity index (χ2v) is 8.37. The monoisotopic (exact) mass is 479 g/mol. The Balaban J connectivity index is 1.46. The lowest BCUT2D eigenvalue weighted by Crippen LogP contribution is -2.20. The number of ether oxygens (including phenoxy) is 1. The first-order valence-electron chi connectivity index (χ1n) is 9.78. The van der Waals surface area contributed by atoms with Gasteiger partial charge in [-0.2, -0.15) is 13.2 Å². The molecule has 2 N–H and O–H groups in total. The summed E-state index contributed by atoms with van der Waals surface area (Å²) in [5.41, 5.74) is -0.743. The molecule has 6 nitrogen and oxygen atoms in total. The summed E-state index contributed by atoms with van der Waals surface area (Å²) in [6.45, 7) is 0. The number of rotatable bonds is 5. The van der Waals surface area contributed by atoms with Crippen molar-refractivity contribution in [2.75, 3.05) is 17.7 Å². The number of thiazole rings is 1. The van der Waals surface area contributed by atoms with Gasteiger partial charge in [0.1, 0.15) is 11.6 Å². The largest absolute Gasteiger partial charge is 0.497 e. The van der Waals surface area contributed by atoms with Gasteiger partial charge in [0, 0.05) is 16.1 Å². The van der Waals surface area contributed by atoms with Crippen LogP contribution >= 0.6 is 11.3 Å². The molecule has 0 fully saturated rings. The highest BCUT2D eigenvalue weighted by molar-refractivity contribution is 7.16. The average Bonchev–Trinajstić information content (AvgIpc) is 3.34. The highest BCUT2D eigenvalue weighted by Crippen LogP contribution is 2.39. The number of amides is 2. The van der Waals surface area contributed by atoms with E-state index >= 15 is 0 Å². The van der Waals surface area contributed by atoms with Gasteiger partial charge in [0.15, 0.2) is 5.13 Å². The number of halogens is 4. The van der Waals surface area contributed by atoms with Crippen LogP contribution in [0, 0.1) is 5.82 Å². The van der Waals surface area contributed by atoms with E-state index in [2.05, 4.69) is 15.6 Å². The number of benzene rings is 2. The van der Waals surface area contributed by atoms with Crippen LogP contribution in [0.3, 0.4) is 0 Å². The Hall–Kier alpha value is -3.47. The predicted molar refractivity (Wildman–Crippen MR) is 114 cm³/mol. The van der Waals surface area contributed by atoms with Crippen LogP contribution in [0.5, 0.6) is 5.75 Å². The number of carbonyl (C=O) groups excluding carboxylic acids is 2. The van der Waals surface area contributed by atoms with Crippen molar-refractivity contribution >= 4 is 34.0 Å². The number of nitrogens with one attached hydrogen (secondary N) is 2. The molecule has 0 aliphatic heterocycles. The summed E-state index contributed by atoms with van der Waals surface area (Å²) in [5, 5.41) is 5.42. The van der Waals surface area contributed by atoms with E-state index in [9.17, 15) is 27.2 Å². The second-order valence-electron chi connectivity index (χ2n) is 7.28. The summed E-state index contributed by atoms with van der Waals surface area (Å²) in [5.74, 6) is -2.43. The fourth-order valence-corrected chi connectivity index (χ4v) is 4.53. The van der Waals surface area contributed by atoms with E-state index in [-0.39, 0.29) is 11.6 Å². The lowest BCUT2D eigenvalue weighted by molar-refractivity contribution is -0.140. The van der Waals surface area contributed by atoms with Crippen molar-refractivity contribution in [3.8, 4) is 5.75 Å². The molecule has 0 saturated carbocycles. The summed E-state index contributed by atoms with van der Waals surface area (Å²) in [4.78, 5) is 30.3. The molecule has 2 aromatic carbocycles. The Morgan fingerprint density at radius 3 is 2.52 bits per heavy atom. The van der Waals surface area contributed by atoms with Gasteiger partial charge >= 0.3 is 6.18 Å². The van der Waals surface area contributed by atoms with Crippen LogP contribution in [0.4, 0.5) is 28.4 Å². The first-order chi connectivity index (χ1) is 15.7. The molecule has 1 aliphatic carbocycles. The first kappa shape index (κ1) is 22.7. The van der Waals surface area contributed by atoms with Gasteiger partial charge in [0.05, 0.1) is 24.3 Å². The first-order valence-corrected chi connectivity index (χ1v) is 10.6. The Labute approximate surface area is 189 Å². The number of hydrogen-bond donors (Lipinski definition) is 2. The minimum absolute atomic E-state index is 0.162. The minimum Gasteiger partial charge on any atom is -0.497 e. The van der Waals surface area contributed by atoms with Gasteiger partial charge in [-0.1, -0.05) is 0 Å². The lowest BCUT2D eigenvalue weighted by atomic mass is 10.1. The number of aromatic nitrogens is 1. The molecule has 11 heteroatoms. The smallest absolute Gasteiger partial charge is 0.419 e. The van der Waals surface area contributed by atoms with Crippen LogP contribution in [-0.4, -0.2) is 23.9 Å². The molecule has 1 aromatic heterocycles. The van der Waals surface area contributed by atoms with Crippen molar-refractivity contribution in [3.05, 3.63) is 70.0 Å². The highest BCUT2D eigenvalue weighted by atomic mass is 32.1. The van der Waals surface area contributed by atoms with Crippen LogP contribution in [0.2, 0.25) is 0 Å². The van der Waals surface area contributed by atoms with Crippen LogP contribution in [-0.2, 0) is 17.4 Å². The van der Waals surface area contributed by atoms with Crippen LogP contribution < -0.4 is 15.4 Å². The highest BCUT2D eigenvalue weighted by Gasteiger charge is 2.36. The van der Waals surface area contributed by atoms with Gasteiger partial charge in [-0.05, 0) is 55.3 Å². The van der Waals surface area contributed by atoms with Crippen LogP contribution in [0.1, 0.15) is 38.8 Å². The molecule has 3 aromatic rings. The van der Waals surface area contributed by atoms with Crippen LogP contribution in [0.25, 0.3) is 0 Å². The molecular weight excluding hydrogens is 462 g/mol. The van der Waals surface area contributed by atoms with E-state index in [1.165, 1.54) is 18.4 Å². The lowest BCUT2D eigenvalue weighted by Gasteiger charge is -2.13. The van der Waals surface area contributed by atoms with E-state index in [4.69, 9.17) is 4.74 Å². The van der Waals surface area contributed by atoms with Gasteiger partial charge in [-0.15, -0.1) is 11.3 Å². The van der Waals surface area contributed by atoms with E-state index in [1.54, 1.807) is 24.3 Å². The Morgan fingerprint density at radius 1 is 1.12 bits per heavy atom. The van der Waals surface area contributed by atoms with Crippen molar-refractivity contribution in [1.82, 2.24) is 4.98 Å². The summed E-state index contributed by atoms with van der Waals surface area (Å²) in [6, 6.07) is 8.79. The van der Waals surface area contributed by atoms with Crippen molar-refractivity contribution in [1.29, 1.82) is 0 Å². The second kappa shape index (κ2) is 8.81. The van der Waals surface area contributed by atoms with Crippen molar-refractivity contribution < 1.29 is 31.9 Å². The van der Waals surface area contributed by atoms with E-state index < -0.39 is 29.4 Å². The number of nitrogens with zero attached hydrogens (tertiary/aromatic N) is 1. The zero-order valence-electron chi connectivity index (χ0n) is 17.1. The van der Waals surface area contributed by atoms with Crippen molar-refractivity contribution in [3.63, 3.8) is 0 Å². The molecule has 1 heterocycles. The van der Waals surface area contributed by atoms with E-state index in [0.717, 1.165) is 10.9 Å². The summed E-state index contributed by atoms with van der Waals surface area (Å²) < 4.78 is 57.3. The van der Waals surface area contributed by atoms with Gasteiger partial charge in [0.25, 0.3) is 5.91 Å². The molecule has 1 aliphatic rings. The third kappa shape index (κ3) is 4.82.